The standard InChI is InChI=1S/C15H19BrO4/c1-2-19-15(18)9-8-13(17)6-4-10-20-14-7-3-5-12(16)11-14/h3,5,7,11H,2,4,6,8-10H2,1H3. The average Bonchev–Trinajstić information content (AvgIpc) is 2.42. The van der Waals surface area contributed by atoms with Crippen molar-refractivity contribution in [1.82, 2.24) is 0 Å². The maximum absolute atomic E-state index is 11.5. The first-order chi connectivity index (χ1) is 9.61. The van der Waals surface area contributed by atoms with Crippen molar-refractivity contribution in [1.29, 1.82) is 0 Å². The maximum Gasteiger partial charge on any atom is 0.306 e. The van der Waals surface area contributed by atoms with E-state index in [2.05, 4.69) is 15.9 Å². The number of rotatable bonds is 9. The van der Waals surface area contributed by atoms with Crippen LogP contribution in [0.25, 0.3) is 0 Å². The van der Waals surface area contributed by atoms with E-state index in [1.165, 1.54) is 0 Å². The summed E-state index contributed by atoms with van der Waals surface area (Å²) < 4.78 is 11.3. The van der Waals surface area contributed by atoms with Gasteiger partial charge in [0.05, 0.1) is 19.6 Å². The largest absolute Gasteiger partial charge is 0.494 e. The number of benzene rings is 1. The summed E-state index contributed by atoms with van der Waals surface area (Å²) in [6.07, 6.45) is 1.48. The number of esters is 1. The predicted octanol–water partition coefficient (Wildman–Crippen LogP) is 3.52. The molecular weight excluding hydrogens is 324 g/mol. The Bertz CT molecular complexity index is 445. The quantitative estimate of drug-likeness (QED) is 0.509. The van der Waals surface area contributed by atoms with Crippen LogP contribution in [0, 0.1) is 0 Å². The van der Waals surface area contributed by atoms with E-state index in [0.29, 0.717) is 26.1 Å². The van der Waals surface area contributed by atoms with Crippen LogP contribution in [0.4, 0.5) is 0 Å². The molecule has 0 aromatic heterocycles. The normalized spacial score (nSPS) is 10.1. The molecule has 0 amide bonds. The van der Waals surface area contributed by atoms with Gasteiger partial charge in [-0.25, -0.2) is 0 Å². The van der Waals surface area contributed by atoms with Gasteiger partial charge in [0.15, 0.2) is 0 Å². The molecule has 0 aliphatic heterocycles. The summed E-state index contributed by atoms with van der Waals surface area (Å²) in [4.78, 5) is 22.6. The first-order valence-electron chi connectivity index (χ1n) is 6.67. The third-order valence-corrected chi connectivity index (χ3v) is 3.07. The second-order valence-electron chi connectivity index (χ2n) is 4.25. The van der Waals surface area contributed by atoms with Crippen molar-refractivity contribution in [2.24, 2.45) is 0 Å². The molecule has 4 nitrogen and oxygen atoms in total. The number of ether oxygens (including phenoxy) is 2. The van der Waals surface area contributed by atoms with E-state index in [0.717, 1.165) is 10.2 Å². The van der Waals surface area contributed by atoms with Gasteiger partial charge in [-0.2, -0.15) is 0 Å². The van der Waals surface area contributed by atoms with E-state index >= 15 is 0 Å². The molecule has 0 radical (unpaired) electrons. The summed E-state index contributed by atoms with van der Waals surface area (Å²) >= 11 is 3.36. The van der Waals surface area contributed by atoms with Crippen LogP contribution in [0.3, 0.4) is 0 Å². The van der Waals surface area contributed by atoms with Gasteiger partial charge < -0.3 is 9.47 Å². The topological polar surface area (TPSA) is 52.6 Å². The number of Topliss-reactive ketones (excluding diaryl/α,β-unsaturated/α-hetero) is 1. The third-order valence-electron chi connectivity index (χ3n) is 2.58. The zero-order chi connectivity index (χ0) is 14.8. The summed E-state index contributed by atoms with van der Waals surface area (Å²) in [5.74, 6) is 0.528. The second kappa shape index (κ2) is 9.53. The number of carbonyl (C=O) groups is 2. The number of hydrogen-bond acceptors (Lipinski definition) is 4. The Morgan fingerprint density at radius 1 is 1.20 bits per heavy atom. The fraction of sp³-hybridized carbons (Fsp3) is 0.467. The highest BCUT2D eigenvalue weighted by atomic mass is 79.9. The van der Waals surface area contributed by atoms with Crippen LogP contribution in [-0.4, -0.2) is 25.0 Å². The average molecular weight is 343 g/mol. The SMILES string of the molecule is CCOC(=O)CCC(=O)CCCOc1cccc(Br)c1. The van der Waals surface area contributed by atoms with Crippen molar-refractivity contribution >= 4 is 27.7 Å². The first-order valence-corrected chi connectivity index (χ1v) is 7.46. The van der Waals surface area contributed by atoms with E-state index in [-0.39, 0.29) is 24.6 Å². The predicted molar refractivity (Wildman–Crippen MR) is 79.7 cm³/mol. The molecule has 0 spiro atoms. The number of halogens is 1. The molecule has 1 aromatic rings. The molecule has 0 N–H and O–H groups in total. The van der Waals surface area contributed by atoms with Crippen molar-refractivity contribution in [2.75, 3.05) is 13.2 Å². The van der Waals surface area contributed by atoms with Crippen LogP contribution in [0.2, 0.25) is 0 Å². The summed E-state index contributed by atoms with van der Waals surface area (Å²) in [5.41, 5.74) is 0. The van der Waals surface area contributed by atoms with E-state index < -0.39 is 0 Å². The Hall–Kier alpha value is -1.36. The van der Waals surface area contributed by atoms with E-state index in [1.807, 2.05) is 24.3 Å². The van der Waals surface area contributed by atoms with Gasteiger partial charge in [-0.3, -0.25) is 9.59 Å². The molecular formula is C15H19BrO4. The lowest BCUT2D eigenvalue weighted by molar-refractivity contribution is -0.144. The highest BCUT2D eigenvalue weighted by Gasteiger charge is 2.07. The number of hydrogen-bond donors (Lipinski definition) is 0. The molecule has 0 atom stereocenters. The molecule has 110 valence electrons. The van der Waals surface area contributed by atoms with Crippen molar-refractivity contribution in [3.63, 3.8) is 0 Å². The van der Waals surface area contributed by atoms with E-state index in [9.17, 15) is 9.59 Å². The van der Waals surface area contributed by atoms with Gasteiger partial charge in [-0.05, 0) is 31.5 Å². The second-order valence-corrected chi connectivity index (χ2v) is 5.17. The first kappa shape index (κ1) is 16.7. The fourth-order valence-corrected chi connectivity index (χ4v) is 1.99. The van der Waals surface area contributed by atoms with Gasteiger partial charge in [-0.1, -0.05) is 22.0 Å². The minimum atomic E-state index is -0.314. The van der Waals surface area contributed by atoms with Gasteiger partial charge in [0, 0.05) is 17.3 Å². The summed E-state index contributed by atoms with van der Waals surface area (Å²) in [6.45, 7) is 2.59. The van der Waals surface area contributed by atoms with Crippen molar-refractivity contribution in [3.05, 3.63) is 28.7 Å². The Balaban J connectivity index is 2.11. The van der Waals surface area contributed by atoms with Crippen molar-refractivity contribution in [2.45, 2.75) is 32.6 Å². The molecule has 20 heavy (non-hydrogen) atoms. The molecule has 1 rings (SSSR count). The lowest BCUT2D eigenvalue weighted by Crippen LogP contribution is -2.08. The lowest BCUT2D eigenvalue weighted by atomic mass is 10.1. The van der Waals surface area contributed by atoms with Crippen LogP contribution in [-0.2, 0) is 14.3 Å². The molecule has 0 fully saturated rings. The molecule has 0 bridgehead atoms. The highest BCUT2D eigenvalue weighted by Crippen LogP contribution is 2.17. The van der Waals surface area contributed by atoms with Crippen molar-refractivity contribution < 1.29 is 19.1 Å². The van der Waals surface area contributed by atoms with Gasteiger partial charge in [-0.15, -0.1) is 0 Å². The summed E-state index contributed by atoms with van der Waals surface area (Å²) in [7, 11) is 0. The molecule has 1 aromatic carbocycles. The smallest absolute Gasteiger partial charge is 0.306 e. The van der Waals surface area contributed by atoms with Gasteiger partial charge in [0.25, 0.3) is 0 Å². The minimum absolute atomic E-state index is 0.0656. The Labute approximate surface area is 127 Å². The minimum Gasteiger partial charge on any atom is -0.494 e. The molecule has 0 unspecified atom stereocenters. The van der Waals surface area contributed by atoms with Crippen LogP contribution < -0.4 is 4.74 Å². The zero-order valence-electron chi connectivity index (χ0n) is 11.6. The third kappa shape index (κ3) is 7.28. The van der Waals surface area contributed by atoms with Crippen molar-refractivity contribution in [3.8, 4) is 5.75 Å². The molecule has 0 aliphatic rings. The number of ketones is 1. The van der Waals surface area contributed by atoms with Gasteiger partial charge >= 0.3 is 5.97 Å². The molecule has 5 heteroatoms. The molecule has 0 saturated heterocycles. The fourth-order valence-electron chi connectivity index (χ4n) is 1.62. The summed E-state index contributed by atoms with van der Waals surface area (Å²) in [5, 5.41) is 0. The molecule has 0 saturated carbocycles. The Morgan fingerprint density at radius 2 is 2.00 bits per heavy atom. The van der Waals surface area contributed by atoms with Gasteiger partial charge in [0.2, 0.25) is 0 Å². The Kier molecular flexibility index (Phi) is 7.95. The zero-order valence-corrected chi connectivity index (χ0v) is 13.1. The van der Waals surface area contributed by atoms with Crippen LogP contribution >= 0.6 is 15.9 Å². The highest BCUT2D eigenvalue weighted by molar-refractivity contribution is 9.10. The summed E-state index contributed by atoms with van der Waals surface area (Å²) in [6, 6.07) is 7.56. The van der Waals surface area contributed by atoms with Crippen LogP contribution in [0.15, 0.2) is 28.7 Å². The van der Waals surface area contributed by atoms with Crippen LogP contribution in [0.5, 0.6) is 5.75 Å². The maximum atomic E-state index is 11.5. The monoisotopic (exact) mass is 342 g/mol. The Morgan fingerprint density at radius 3 is 2.70 bits per heavy atom. The molecule has 0 heterocycles. The van der Waals surface area contributed by atoms with E-state index in [4.69, 9.17) is 9.47 Å². The van der Waals surface area contributed by atoms with Gasteiger partial charge in [0.1, 0.15) is 11.5 Å². The number of carbonyl (C=O) groups excluding carboxylic acids is 2. The van der Waals surface area contributed by atoms with E-state index in [1.54, 1.807) is 6.92 Å². The van der Waals surface area contributed by atoms with Crippen LogP contribution in [0.1, 0.15) is 32.6 Å². The lowest BCUT2D eigenvalue weighted by Gasteiger charge is -2.06. The molecule has 0 aliphatic carbocycles.